The molecule has 38 heavy (non-hydrogen) atoms. The average Bonchev–Trinajstić information content (AvgIpc) is 3.31. The summed E-state index contributed by atoms with van der Waals surface area (Å²) in [7, 11) is 0. The second-order valence-electron chi connectivity index (χ2n) is 10.2. The Hall–Kier alpha value is -4.22. The van der Waals surface area contributed by atoms with Crippen molar-refractivity contribution in [3.05, 3.63) is 120 Å². The molecule has 5 heteroatoms. The monoisotopic (exact) mass is 500 g/mol. The van der Waals surface area contributed by atoms with Gasteiger partial charge in [0.25, 0.3) is 5.91 Å². The Labute approximate surface area is 224 Å². The van der Waals surface area contributed by atoms with Gasteiger partial charge in [0.2, 0.25) is 0 Å². The summed E-state index contributed by atoms with van der Waals surface area (Å²) in [6, 6.07) is 31.1. The molecule has 5 aromatic rings. The molecule has 2 aromatic heterocycles. The molecule has 0 bridgehead atoms. The molecule has 0 N–H and O–H groups in total. The van der Waals surface area contributed by atoms with Crippen LogP contribution in [-0.2, 0) is 6.54 Å². The van der Waals surface area contributed by atoms with Gasteiger partial charge >= 0.3 is 0 Å². The molecule has 0 spiro atoms. The van der Waals surface area contributed by atoms with Crippen molar-refractivity contribution in [2.45, 2.75) is 20.4 Å². The Balaban J connectivity index is 1.31. The van der Waals surface area contributed by atoms with E-state index in [1.54, 1.807) is 0 Å². The van der Waals surface area contributed by atoms with Crippen molar-refractivity contribution >= 4 is 11.6 Å². The van der Waals surface area contributed by atoms with Gasteiger partial charge in [-0.3, -0.25) is 9.69 Å². The van der Waals surface area contributed by atoms with Crippen LogP contribution in [0.25, 0.3) is 28.0 Å². The van der Waals surface area contributed by atoms with Gasteiger partial charge < -0.3 is 9.30 Å². The van der Waals surface area contributed by atoms with Gasteiger partial charge in [-0.15, -0.1) is 0 Å². The predicted octanol–water partition coefficient (Wildman–Crippen LogP) is 6.24. The van der Waals surface area contributed by atoms with Crippen LogP contribution in [0, 0.1) is 13.8 Å². The summed E-state index contributed by atoms with van der Waals surface area (Å²) in [5.74, 6) is 0.114. The molecular formula is C33H32N4O. The highest BCUT2D eigenvalue weighted by atomic mass is 16.2. The summed E-state index contributed by atoms with van der Waals surface area (Å²) < 4.78 is 2.26. The number of carbonyl (C=O) groups is 1. The van der Waals surface area contributed by atoms with Crippen LogP contribution in [0.4, 0.5) is 0 Å². The van der Waals surface area contributed by atoms with Crippen LogP contribution in [0.5, 0.6) is 0 Å². The van der Waals surface area contributed by atoms with E-state index in [9.17, 15) is 4.79 Å². The molecule has 0 saturated carbocycles. The van der Waals surface area contributed by atoms with Crippen molar-refractivity contribution in [1.29, 1.82) is 0 Å². The quantitative estimate of drug-likeness (QED) is 0.287. The zero-order valence-electron chi connectivity index (χ0n) is 22.0. The largest absolute Gasteiger partial charge is 0.336 e. The Morgan fingerprint density at radius 3 is 2.21 bits per heavy atom. The third-order valence-corrected chi connectivity index (χ3v) is 7.45. The van der Waals surface area contributed by atoms with Gasteiger partial charge in [0.1, 0.15) is 5.65 Å². The van der Waals surface area contributed by atoms with E-state index < -0.39 is 0 Å². The van der Waals surface area contributed by atoms with Gasteiger partial charge in [-0.1, -0.05) is 77.9 Å². The summed E-state index contributed by atoms with van der Waals surface area (Å²) in [4.78, 5) is 22.4. The van der Waals surface area contributed by atoms with Gasteiger partial charge in [0.05, 0.1) is 11.4 Å². The first kappa shape index (κ1) is 24.1. The zero-order chi connectivity index (χ0) is 26.1. The normalized spacial score (nSPS) is 14.2. The maximum atomic E-state index is 13.0. The molecule has 0 unspecified atom stereocenters. The minimum absolute atomic E-state index is 0.114. The van der Waals surface area contributed by atoms with Gasteiger partial charge in [0.15, 0.2) is 0 Å². The van der Waals surface area contributed by atoms with Gasteiger partial charge in [-0.05, 0) is 49.2 Å². The molecule has 1 fully saturated rings. The van der Waals surface area contributed by atoms with E-state index in [4.69, 9.17) is 4.98 Å². The number of rotatable bonds is 5. The number of nitrogens with zero attached hydrogens (tertiary/aromatic N) is 4. The van der Waals surface area contributed by atoms with Crippen LogP contribution < -0.4 is 0 Å². The molecule has 3 aromatic carbocycles. The van der Waals surface area contributed by atoms with E-state index in [1.807, 2.05) is 35.2 Å². The Morgan fingerprint density at radius 2 is 1.47 bits per heavy atom. The van der Waals surface area contributed by atoms with Crippen molar-refractivity contribution < 1.29 is 4.79 Å². The van der Waals surface area contributed by atoms with E-state index in [1.165, 1.54) is 27.9 Å². The van der Waals surface area contributed by atoms with E-state index in [0.29, 0.717) is 0 Å². The van der Waals surface area contributed by atoms with Gasteiger partial charge in [-0.2, -0.15) is 0 Å². The number of hydrogen-bond acceptors (Lipinski definition) is 3. The fourth-order valence-electron chi connectivity index (χ4n) is 5.27. The minimum atomic E-state index is 0.114. The molecule has 0 aliphatic carbocycles. The molecular weight excluding hydrogens is 468 g/mol. The lowest BCUT2D eigenvalue weighted by atomic mass is 10.1. The van der Waals surface area contributed by atoms with Crippen molar-refractivity contribution in [1.82, 2.24) is 19.2 Å². The summed E-state index contributed by atoms with van der Waals surface area (Å²) in [6.07, 6.45) is 2.22. The number of carbonyl (C=O) groups excluding carboxylic acids is 1. The van der Waals surface area contributed by atoms with Crippen LogP contribution in [0.1, 0.15) is 27.2 Å². The fourth-order valence-corrected chi connectivity index (χ4v) is 5.27. The third-order valence-electron chi connectivity index (χ3n) is 7.45. The first-order valence-corrected chi connectivity index (χ1v) is 13.3. The number of benzene rings is 3. The number of fused-ring (bicyclic) bond motifs is 1. The van der Waals surface area contributed by atoms with Crippen molar-refractivity contribution in [2.75, 3.05) is 26.2 Å². The first-order valence-electron chi connectivity index (χ1n) is 13.3. The maximum absolute atomic E-state index is 13.0. The highest BCUT2D eigenvalue weighted by Gasteiger charge is 2.24. The van der Waals surface area contributed by atoms with Gasteiger partial charge in [-0.25, -0.2) is 4.98 Å². The van der Waals surface area contributed by atoms with Crippen molar-refractivity contribution in [3.63, 3.8) is 0 Å². The second kappa shape index (κ2) is 10.3. The van der Waals surface area contributed by atoms with E-state index >= 15 is 0 Å². The zero-order valence-corrected chi connectivity index (χ0v) is 22.0. The molecule has 3 heterocycles. The van der Waals surface area contributed by atoms with Gasteiger partial charge in [0, 0.05) is 50.0 Å². The lowest BCUT2D eigenvalue weighted by Crippen LogP contribution is -2.48. The van der Waals surface area contributed by atoms with Crippen LogP contribution in [0.3, 0.4) is 0 Å². The van der Waals surface area contributed by atoms with Crippen molar-refractivity contribution in [3.8, 4) is 22.4 Å². The average molecular weight is 501 g/mol. The number of pyridine rings is 1. The number of aromatic nitrogens is 2. The highest BCUT2D eigenvalue weighted by molar-refractivity contribution is 5.94. The molecule has 5 nitrogen and oxygen atoms in total. The molecule has 190 valence electrons. The Kier molecular flexibility index (Phi) is 6.52. The molecule has 1 amide bonds. The summed E-state index contributed by atoms with van der Waals surface area (Å²) in [5, 5.41) is 0. The Bertz CT molecular complexity index is 1580. The number of amides is 1. The van der Waals surface area contributed by atoms with Crippen LogP contribution in [0.15, 0.2) is 97.2 Å². The molecule has 6 rings (SSSR count). The predicted molar refractivity (Wildman–Crippen MR) is 153 cm³/mol. The summed E-state index contributed by atoms with van der Waals surface area (Å²) >= 11 is 0. The lowest BCUT2D eigenvalue weighted by Gasteiger charge is -2.34. The maximum Gasteiger partial charge on any atom is 0.253 e. The molecule has 0 radical (unpaired) electrons. The van der Waals surface area contributed by atoms with Crippen LogP contribution >= 0.6 is 0 Å². The van der Waals surface area contributed by atoms with Crippen molar-refractivity contribution in [2.24, 2.45) is 0 Å². The summed E-state index contributed by atoms with van der Waals surface area (Å²) in [6.45, 7) is 8.11. The topological polar surface area (TPSA) is 40.9 Å². The first-order chi connectivity index (χ1) is 18.5. The second-order valence-corrected chi connectivity index (χ2v) is 10.2. The van der Waals surface area contributed by atoms with Crippen LogP contribution in [-0.4, -0.2) is 51.3 Å². The van der Waals surface area contributed by atoms with Crippen LogP contribution in [0.2, 0.25) is 0 Å². The number of aryl methyl sites for hydroxylation is 2. The minimum Gasteiger partial charge on any atom is -0.336 e. The smallest absolute Gasteiger partial charge is 0.253 e. The van der Waals surface area contributed by atoms with E-state index in [-0.39, 0.29) is 5.91 Å². The lowest BCUT2D eigenvalue weighted by molar-refractivity contribution is 0.0627. The standard InChI is InChI=1S/C33H32N4O/c1-24-11-13-26(14-12-24)32-30(23-35-17-19-36(20-18-35)33(38)27-8-4-3-5-9-27)37-22-29(15-16-31(37)34-32)28-10-6-7-25(2)21-28/h3-16,21-22H,17-20,23H2,1-2H3. The number of imidazole rings is 1. The Morgan fingerprint density at radius 1 is 0.737 bits per heavy atom. The third kappa shape index (κ3) is 4.85. The number of hydrogen-bond donors (Lipinski definition) is 0. The molecule has 1 saturated heterocycles. The fraction of sp³-hybridized carbons (Fsp3) is 0.212. The molecule has 1 aliphatic rings. The molecule has 0 atom stereocenters. The SMILES string of the molecule is Cc1ccc(-c2nc3ccc(-c4cccc(C)c4)cn3c2CN2CCN(C(=O)c3ccccc3)CC2)cc1. The van der Waals surface area contributed by atoms with E-state index in [0.717, 1.165) is 55.2 Å². The highest BCUT2D eigenvalue weighted by Crippen LogP contribution is 2.29. The molecule has 1 aliphatic heterocycles. The number of piperazine rings is 1. The van der Waals surface area contributed by atoms with E-state index in [2.05, 4.69) is 90.0 Å². The summed E-state index contributed by atoms with van der Waals surface area (Å²) in [5.41, 5.74) is 9.90.